The minimum Gasteiger partial charge on any atom is -0.366 e. The Morgan fingerprint density at radius 1 is 0.946 bits per heavy atom. The number of alkyl halides is 3. The molecule has 0 atom stereocenters. The average molecular weight is 530 g/mol. The van der Waals surface area contributed by atoms with E-state index in [2.05, 4.69) is 15.4 Å². The molecule has 0 unspecified atom stereocenters. The van der Waals surface area contributed by atoms with Crippen LogP contribution in [0.4, 0.5) is 19.0 Å². The van der Waals surface area contributed by atoms with Gasteiger partial charge >= 0.3 is 6.18 Å². The fraction of sp³-hybridized carbons (Fsp3) is 0.0435. The van der Waals surface area contributed by atoms with E-state index in [1.54, 1.807) is 6.07 Å². The second kappa shape index (κ2) is 9.48. The molecule has 0 aliphatic rings. The fourth-order valence-corrected chi connectivity index (χ4v) is 3.84. The monoisotopic (exact) mass is 530 g/mol. The molecule has 4 aromatic rings. The first-order valence-electron chi connectivity index (χ1n) is 10.3. The van der Waals surface area contributed by atoms with Gasteiger partial charge in [0.15, 0.2) is 5.69 Å². The van der Waals surface area contributed by atoms with E-state index in [0.29, 0.717) is 17.2 Å². The summed E-state index contributed by atoms with van der Waals surface area (Å²) in [6.07, 6.45) is -3.45. The molecule has 0 radical (unpaired) electrons. The zero-order valence-corrected chi connectivity index (χ0v) is 19.4. The molecule has 2 amide bonds. The first kappa shape index (κ1) is 25.5. The second-order valence-electron chi connectivity index (χ2n) is 7.69. The van der Waals surface area contributed by atoms with E-state index in [9.17, 15) is 31.2 Å². The molecule has 0 spiro atoms. The summed E-state index contributed by atoms with van der Waals surface area (Å²) in [5, 5.41) is 11.0. The maximum absolute atomic E-state index is 13.4. The zero-order chi connectivity index (χ0) is 27.0. The number of rotatable bonds is 6. The third kappa shape index (κ3) is 5.65. The fourth-order valence-electron chi connectivity index (χ4n) is 3.33. The van der Waals surface area contributed by atoms with Crippen molar-refractivity contribution in [2.45, 2.75) is 11.1 Å². The van der Waals surface area contributed by atoms with Crippen LogP contribution in [0.15, 0.2) is 77.8 Å². The molecule has 2 heterocycles. The summed E-state index contributed by atoms with van der Waals surface area (Å²) in [5.41, 5.74) is 4.70. The van der Waals surface area contributed by atoms with E-state index >= 15 is 0 Å². The molecular formula is C23H17F3N6O4S. The highest BCUT2D eigenvalue weighted by Gasteiger charge is 2.36. The standard InChI is InChI=1S/C23H17F3N6O4S/c24-23(25,26)19-11-18(32(31-19)16-3-1-2-14(10-16)21(27)33)22(34)30-20-9-6-15(12-29-20)13-4-7-17(8-5-13)37(28,35)36/h1-12H,(H2,27,33)(H2,28,35,36)(H,29,30,34). The van der Waals surface area contributed by atoms with Gasteiger partial charge in [0.05, 0.1) is 10.6 Å². The normalized spacial score (nSPS) is 11.8. The van der Waals surface area contributed by atoms with Crippen molar-refractivity contribution >= 4 is 27.7 Å². The van der Waals surface area contributed by atoms with Crippen LogP contribution in [-0.2, 0) is 16.2 Å². The summed E-state index contributed by atoms with van der Waals surface area (Å²) >= 11 is 0. The minimum atomic E-state index is -4.83. The maximum atomic E-state index is 13.4. The predicted molar refractivity (Wildman–Crippen MR) is 126 cm³/mol. The number of pyridine rings is 1. The van der Waals surface area contributed by atoms with Crippen molar-refractivity contribution in [3.05, 3.63) is 89.9 Å². The molecule has 0 fully saturated rings. The van der Waals surface area contributed by atoms with Crippen molar-refractivity contribution in [1.82, 2.24) is 14.8 Å². The Morgan fingerprint density at radius 2 is 1.62 bits per heavy atom. The van der Waals surface area contributed by atoms with Crippen molar-refractivity contribution in [3.63, 3.8) is 0 Å². The number of primary amides is 1. The van der Waals surface area contributed by atoms with Crippen LogP contribution in [0.2, 0.25) is 0 Å². The molecule has 5 N–H and O–H groups in total. The SMILES string of the molecule is NC(=O)c1cccc(-n2nc(C(F)(F)F)cc2C(=O)Nc2ccc(-c3ccc(S(N)(=O)=O)cc3)cn2)c1. The van der Waals surface area contributed by atoms with E-state index in [4.69, 9.17) is 10.9 Å². The van der Waals surface area contributed by atoms with Gasteiger partial charge in [0.25, 0.3) is 5.91 Å². The van der Waals surface area contributed by atoms with Crippen molar-refractivity contribution in [2.75, 3.05) is 5.32 Å². The molecule has 4 rings (SSSR count). The number of carbonyl (C=O) groups excluding carboxylic acids is 2. The highest BCUT2D eigenvalue weighted by atomic mass is 32.2. The summed E-state index contributed by atoms with van der Waals surface area (Å²) in [5.74, 6) is -1.72. The smallest absolute Gasteiger partial charge is 0.366 e. The van der Waals surface area contributed by atoms with Gasteiger partial charge in [0, 0.05) is 23.4 Å². The van der Waals surface area contributed by atoms with Crippen LogP contribution in [0.1, 0.15) is 26.5 Å². The van der Waals surface area contributed by atoms with Gasteiger partial charge < -0.3 is 11.1 Å². The Bertz CT molecular complexity index is 1600. The molecule has 2 aromatic carbocycles. The summed E-state index contributed by atoms with van der Waals surface area (Å²) in [6, 6.07) is 14.6. The molecule has 14 heteroatoms. The number of hydrogen-bond acceptors (Lipinski definition) is 6. The number of benzene rings is 2. The molecule has 190 valence electrons. The van der Waals surface area contributed by atoms with Crippen LogP contribution >= 0.6 is 0 Å². The Labute approximate surface area is 207 Å². The van der Waals surface area contributed by atoms with Gasteiger partial charge in [0.1, 0.15) is 11.5 Å². The Hall–Kier alpha value is -4.56. The zero-order valence-electron chi connectivity index (χ0n) is 18.6. The van der Waals surface area contributed by atoms with E-state index < -0.39 is 39.4 Å². The molecule has 0 saturated heterocycles. The first-order chi connectivity index (χ1) is 17.3. The molecule has 0 aliphatic carbocycles. The lowest BCUT2D eigenvalue weighted by Gasteiger charge is -2.09. The number of nitrogens with one attached hydrogen (secondary N) is 1. The van der Waals surface area contributed by atoms with Crippen LogP contribution in [-0.4, -0.2) is 35.0 Å². The number of anilines is 1. The lowest BCUT2D eigenvalue weighted by atomic mass is 10.1. The van der Waals surface area contributed by atoms with Gasteiger partial charge in [-0.05, 0) is 48.0 Å². The van der Waals surface area contributed by atoms with Crippen molar-refractivity contribution in [1.29, 1.82) is 0 Å². The number of carbonyl (C=O) groups is 2. The Kier molecular flexibility index (Phi) is 6.54. The van der Waals surface area contributed by atoms with Crippen LogP contribution in [0.5, 0.6) is 0 Å². The van der Waals surface area contributed by atoms with Gasteiger partial charge in [-0.2, -0.15) is 18.3 Å². The van der Waals surface area contributed by atoms with Crippen molar-refractivity contribution < 1.29 is 31.2 Å². The van der Waals surface area contributed by atoms with E-state index in [1.807, 2.05) is 0 Å². The number of primary sulfonamides is 1. The molecular weight excluding hydrogens is 513 g/mol. The van der Waals surface area contributed by atoms with E-state index in [-0.39, 0.29) is 22.0 Å². The lowest BCUT2D eigenvalue weighted by molar-refractivity contribution is -0.141. The van der Waals surface area contributed by atoms with E-state index in [0.717, 1.165) is 4.68 Å². The van der Waals surface area contributed by atoms with Crippen molar-refractivity contribution in [3.8, 4) is 16.8 Å². The molecule has 2 aromatic heterocycles. The largest absolute Gasteiger partial charge is 0.435 e. The van der Waals surface area contributed by atoms with Gasteiger partial charge in [0.2, 0.25) is 15.9 Å². The topological polar surface area (TPSA) is 163 Å². The van der Waals surface area contributed by atoms with Gasteiger partial charge in [-0.3, -0.25) is 9.59 Å². The summed E-state index contributed by atoms with van der Waals surface area (Å²) in [6.45, 7) is 0. The quantitative estimate of drug-likeness (QED) is 0.347. The van der Waals surface area contributed by atoms with Crippen molar-refractivity contribution in [2.24, 2.45) is 10.9 Å². The maximum Gasteiger partial charge on any atom is 0.435 e. The molecule has 10 nitrogen and oxygen atoms in total. The minimum absolute atomic E-state index is 0.0160. The number of aromatic nitrogens is 3. The predicted octanol–water partition coefficient (Wildman–Crippen LogP) is 2.95. The van der Waals surface area contributed by atoms with Gasteiger partial charge in [-0.25, -0.2) is 23.2 Å². The summed E-state index contributed by atoms with van der Waals surface area (Å²) in [7, 11) is -3.85. The summed E-state index contributed by atoms with van der Waals surface area (Å²) < 4.78 is 63.6. The van der Waals surface area contributed by atoms with Crippen LogP contribution in [0.3, 0.4) is 0 Å². The highest BCUT2D eigenvalue weighted by molar-refractivity contribution is 7.89. The number of amides is 2. The molecule has 0 saturated carbocycles. The van der Waals surface area contributed by atoms with E-state index in [1.165, 1.54) is 60.8 Å². The lowest BCUT2D eigenvalue weighted by Crippen LogP contribution is -2.18. The van der Waals surface area contributed by atoms with Crippen LogP contribution in [0, 0.1) is 0 Å². The third-order valence-electron chi connectivity index (χ3n) is 5.13. The molecule has 37 heavy (non-hydrogen) atoms. The summed E-state index contributed by atoms with van der Waals surface area (Å²) in [4.78, 5) is 28.4. The second-order valence-corrected chi connectivity index (χ2v) is 9.26. The third-order valence-corrected chi connectivity index (χ3v) is 6.06. The number of nitrogens with zero attached hydrogens (tertiary/aromatic N) is 3. The number of sulfonamides is 1. The van der Waals surface area contributed by atoms with Crippen LogP contribution in [0.25, 0.3) is 16.8 Å². The number of hydrogen-bond donors (Lipinski definition) is 3. The van der Waals surface area contributed by atoms with Crippen LogP contribution < -0.4 is 16.2 Å². The first-order valence-corrected chi connectivity index (χ1v) is 11.9. The molecule has 0 aliphatic heterocycles. The average Bonchev–Trinajstić information content (AvgIpc) is 3.31. The highest BCUT2D eigenvalue weighted by Crippen LogP contribution is 2.30. The number of halogens is 3. The van der Waals surface area contributed by atoms with Gasteiger partial charge in [-0.15, -0.1) is 0 Å². The Balaban J connectivity index is 1.62. The van der Waals surface area contributed by atoms with Gasteiger partial charge in [-0.1, -0.05) is 18.2 Å². The Morgan fingerprint density at radius 3 is 2.19 bits per heavy atom. The number of nitrogens with two attached hydrogens (primary N) is 2. The molecule has 0 bridgehead atoms.